The van der Waals surface area contributed by atoms with Gasteiger partial charge in [-0.05, 0) is 36.8 Å². The highest BCUT2D eigenvalue weighted by atomic mass is 19.1. The van der Waals surface area contributed by atoms with Crippen molar-refractivity contribution in [3.05, 3.63) is 71.7 Å². The Morgan fingerprint density at radius 1 is 1.19 bits per heavy atom. The quantitative estimate of drug-likeness (QED) is 0.522. The molecule has 4 rings (SSSR count). The number of ketones is 1. The number of nitrogens with two attached hydrogens (primary N) is 2. The second-order valence-corrected chi connectivity index (χ2v) is 7.80. The van der Waals surface area contributed by atoms with Crippen molar-refractivity contribution in [1.82, 2.24) is 9.97 Å². The van der Waals surface area contributed by atoms with Crippen LogP contribution in [0.25, 0.3) is 11.3 Å². The van der Waals surface area contributed by atoms with Gasteiger partial charge in [0.25, 0.3) is 0 Å². The Hall–Kier alpha value is -3.43. The van der Waals surface area contributed by atoms with Gasteiger partial charge in [-0.15, -0.1) is 0 Å². The van der Waals surface area contributed by atoms with Gasteiger partial charge >= 0.3 is 0 Å². The number of hydrogen-bond donors (Lipinski definition) is 3. The number of benzene rings is 1. The molecule has 1 aliphatic rings. The van der Waals surface area contributed by atoms with Gasteiger partial charge in [0.15, 0.2) is 5.78 Å². The molecule has 2 atom stereocenters. The molecule has 1 aromatic carbocycles. The number of rotatable bonds is 5. The summed E-state index contributed by atoms with van der Waals surface area (Å²) >= 11 is 0. The lowest BCUT2D eigenvalue weighted by atomic mass is 10.00. The standard InChI is InChI=1S/C23H23F2N5O2/c24-14-2-1-3-15(25)22(14)18-5-4-16(26)23(29-18)21(32)10-13-11-28-8-6-19(13)30-9-7-20(31)17(27)12-30/h1-6,8,11,17,20,31H,7,9-10,12,26-27H2/t17-,20+/m1/s1. The number of anilines is 2. The first kappa shape index (κ1) is 21.8. The Bertz CT molecular complexity index is 1140. The molecule has 0 aliphatic carbocycles. The maximum atomic E-state index is 14.2. The van der Waals surface area contributed by atoms with Crippen molar-refractivity contribution >= 4 is 17.2 Å². The number of nitrogens with zero attached hydrogens (tertiary/aromatic N) is 3. The number of Topliss-reactive ketones (excluding diaryl/α,β-unsaturated/α-hetero) is 1. The molecule has 1 fully saturated rings. The first-order valence-corrected chi connectivity index (χ1v) is 10.2. The van der Waals surface area contributed by atoms with Gasteiger partial charge < -0.3 is 21.5 Å². The third kappa shape index (κ3) is 4.30. The molecule has 2 aromatic heterocycles. The minimum absolute atomic E-state index is 0.0134. The summed E-state index contributed by atoms with van der Waals surface area (Å²) in [6, 6.07) is 7.69. The van der Waals surface area contributed by atoms with Crippen molar-refractivity contribution in [3.63, 3.8) is 0 Å². The van der Waals surface area contributed by atoms with Gasteiger partial charge in [-0.1, -0.05) is 6.07 Å². The Kier molecular flexibility index (Phi) is 6.11. The first-order chi connectivity index (χ1) is 15.3. The Labute approximate surface area is 183 Å². The van der Waals surface area contributed by atoms with E-state index in [0.717, 1.165) is 17.8 Å². The van der Waals surface area contributed by atoms with Crippen LogP contribution in [0.5, 0.6) is 0 Å². The summed E-state index contributed by atoms with van der Waals surface area (Å²) in [7, 11) is 0. The summed E-state index contributed by atoms with van der Waals surface area (Å²) in [4.78, 5) is 23.4. The SMILES string of the molecule is Nc1ccc(-c2c(F)cccc2F)nc1C(=O)Cc1cnccc1N1CC[C@H](O)[C@H](N)C1. The second kappa shape index (κ2) is 8.97. The molecule has 166 valence electrons. The van der Waals surface area contributed by atoms with Crippen LogP contribution in [-0.2, 0) is 6.42 Å². The van der Waals surface area contributed by atoms with E-state index in [1.165, 1.54) is 18.2 Å². The normalized spacial score (nSPS) is 18.6. The molecular weight excluding hydrogens is 416 g/mol. The van der Waals surface area contributed by atoms with E-state index in [1.807, 2.05) is 4.90 Å². The number of aliphatic hydroxyl groups excluding tert-OH is 1. The van der Waals surface area contributed by atoms with E-state index >= 15 is 0 Å². The van der Waals surface area contributed by atoms with Crippen LogP contribution in [0.2, 0.25) is 0 Å². The summed E-state index contributed by atoms with van der Waals surface area (Å²) in [5.74, 6) is -1.96. The lowest BCUT2D eigenvalue weighted by Crippen LogP contribution is -2.51. The van der Waals surface area contributed by atoms with E-state index in [2.05, 4.69) is 9.97 Å². The second-order valence-electron chi connectivity index (χ2n) is 7.80. The lowest BCUT2D eigenvalue weighted by Gasteiger charge is -2.36. The lowest BCUT2D eigenvalue weighted by molar-refractivity contribution is 0.0988. The minimum Gasteiger partial charge on any atom is -0.397 e. The van der Waals surface area contributed by atoms with E-state index in [4.69, 9.17) is 11.5 Å². The Morgan fingerprint density at radius 3 is 2.66 bits per heavy atom. The zero-order valence-electron chi connectivity index (χ0n) is 17.2. The molecule has 0 saturated carbocycles. The van der Waals surface area contributed by atoms with Gasteiger partial charge in [-0.25, -0.2) is 13.8 Å². The fraction of sp³-hybridized carbons (Fsp3) is 0.261. The van der Waals surface area contributed by atoms with E-state index in [-0.39, 0.29) is 29.1 Å². The topological polar surface area (TPSA) is 118 Å². The fourth-order valence-corrected chi connectivity index (χ4v) is 3.88. The van der Waals surface area contributed by atoms with Gasteiger partial charge in [-0.3, -0.25) is 9.78 Å². The van der Waals surface area contributed by atoms with Gasteiger partial charge in [-0.2, -0.15) is 0 Å². The number of pyridine rings is 2. The van der Waals surface area contributed by atoms with Crippen LogP contribution in [0.4, 0.5) is 20.2 Å². The van der Waals surface area contributed by atoms with E-state index in [0.29, 0.717) is 25.1 Å². The predicted octanol–water partition coefficient (Wildman–Crippen LogP) is 2.33. The average molecular weight is 439 g/mol. The minimum atomic E-state index is -0.779. The van der Waals surface area contributed by atoms with E-state index in [1.54, 1.807) is 18.5 Å². The van der Waals surface area contributed by atoms with Crippen molar-refractivity contribution in [2.75, 3.05) is 23.7 Å². The van der Waals surface area contributed by atoms with Crippen LogP contribution in [0.15, 0.2) is 48.8 Å². The smallest absolute Gasteiger partial charge is 0.187 e. The summed E-state index contributed by atoms with van der Waals surface area (Å²) in [5, 5.41) is 9.90. The molecule has 0 bridgehead atoms. The largest absolute Gasteiger partial charge is 0.397 e. The summed E-state index contributed by atoms with van der Waals surface area (Å²) in [5.41, 5.74) is 13.1. The van der Waals surface area contributed by atoms with Crippen molar-refractivity contribution in [3.8, 4) is 11.3 Å². The molecule has 9 heteroatoms. The predicted molar refractivity (Wildman–Crippen MR) is 117 cm³/mol. The third-order valence-electron chi connectivity index (χ3n) is 5.60. The molecule has 3 aromatic rings. The van der Waals surface area contributed by atoms with E-state index < -0.39 is 29.6 Å². The van der Waals surface area contributed by atoms with Gasteiger partial charge in [0, 0.05) is 49.2 Å². The number of piperidine rings is 1. The van der Waals surface area contributed by atoms with E-state index in [9.17, 15) is 18.7 Å². The molecule has 0 radical (unpaired) electrons. The van der Waals surface area contributed by atoms with Gasteiger partial charge in [0.1, 0.15) is 17.3 Å². The van der Waals surface area contributed by atoms with Crippen LogP contribution in [0, 0.1) is 11.6 Å². The van der Waals surface area contributed by atoms with Gasteiger partial charge in [0.05, 0.1) is 23.0 Å². The molecule has 0 amide bonds. The Balaban J connectivity index is 1.63. The summed E-state index contributed by atoms with van der Waals surface area (Å²) in [6.45, 7) is 1.03. The number of halogens is 2. The van der Waals surface area contributed by atoms with Crippen LogP contribution in [0.3, 0.4) is 0 Å². The zero-order valence-corrected chi connectivity index (χ0v) is 17.2. The van der Waals surface area contributed by atoms with Crippen molar-refractivity contribution < 1.29 is 18.7 Å². The molecule has 5 N–H and O–H groups in total. The van der Waals surface area contributed by atoms with Crippen LogP contribution >= 0.6 is 0 Å². The highest BCUT2D eigenvalue weighted by Gasteiger charge is 2.27. The maximum Gasteiger partial charge on any atom is 0.187 e. The monoisotopic (exact) mass is 439 g/mol. The number of nitrogen functional groups attached to an aromatic ring is 1. The number of carbonyl (C=O) groups is 1. The number of aliphatic hydroxyl groups is 1. The molecule has 1 aliphatic heterocycles. The number of aromatic nitrogens is 2. The summed E-state index contributed by atoms with van der Waals surface area (Å²) in [6.07, 6.45) is 3.09. The van der Waals surface area contributed by atoms with Crippen molar-refractivity contribution in [2.24, 2.45) is 5.73 Å². The molecule has 3 heterocycles. The van der Waals surface area contributed by atoms with Crippen LogP contribution in [-0.4, -0.2) is 46.1 Å². The Morgan fingerprint density at radius 2 is 1.94 bits per heavy atom. The molecule has 1 saturated heterocycles. The highest BCUT2D eigenvalue weighted by molar-refractivity contribution is 6.01. The van der Waals surface area contributed by atoms with Crippen molar-refractivity contribution in [1.29, 1.82) is 0 Å². The zero-order chi connectivity index (χ0) is 22.8. The van der Waals surface area contributed by atoms with Crippen molar-refractivity contribution in [2.45, 2.75) is 25.0 Å². The third-order valence-corrected chi connectivity index (χ3v) is 5.60. The molecule has 7 nitrogen and oxygen atoms in total. The highest BCUT2D eigenvalue weighted by Crippen LogP contribution is 2.28. The first-order valence-electron chi connectivity index (χ1n) is 10.2. The number of carbonyl (C=O) groups excluding carboxylic acids is 1. The average Bonchev–Trinajstić information content (AvgIpc) is 2.77. The van der Waals surface area contributed by atoms with Crippen LogP contribution < -0.4 is 16.4 Å². The molecule has 0 unspecified atom stereocenters. The fourth-order valence-electron chi connectivity index (χ4n) is 3.88. The van der Waals surface area contributed by atoms with Gasteiger partial charge in [0.2, 0.25) is 0 Å². The molecular formula is C23H23F2N5O2. The maximum absolute atomic E-state index is 14.2. The molecule has 0 spiro atoms. The molecule has 32 heavy (non-hydrogen) atoms. The number of hydrogen-bond acceptors (Lipinski definition) is 7. The summed E-state index contributed by atoms with van der Waals surface area (Å²) < 4.78 is 28.4. The van der Waals surface area contributed by atoms with Crippen LogP contribution in [0.1, 0.15) is 22.5 Å².